The summed E-state index contributed by atoms with van der Waals surface area (Å²) in [6.45, 7) is 4.28. The van der Waals surface area contributed by atoms with E-state index in [0.717, 1.165) is 31.7 Å². The van der Waals surface area contributed by atoms with Crippen LogP contribution in [0.4, 0.5) is 15.8 Å². The molecule has 3 nitrogen and oxygen atoms in total. The summed E-state index contributed by atoms with van der Waals surface area (Å²) in [7, 11) is 0. The quantitative estimate of drug-likeness (QED) is 0.805. The Labute approximate surface area is 118 Å². The van der Waals surface area contributed by atoms with E-state index in [1.165, 1.54) is 25.5 Å². The van der Waals surface area contributed by atoms with Crippen molar-refractivity contribution in [3.05, 3.63) is 23.0 Å². The zero-order valence-corrected chi connectivity index (χ0v) is 11.7. The number of halogens is 2. The standard InChI is InChI=1S/C14H19ClFN3/c15-11-7-14(13(17)8-12(11)16)19-6-2-5-18-4-1-3-10(18)9-19/h7-8,10H,1-6,9,17H2. The summed E-state index contributed by atoms with van der Waals surface area (Å²) in [5, 5.41) is 0.150. The molecule has 2 N–H and O–H groups in total. The molecule has 2 aliphatic heterocycles. The van der Waals surface area contributed by atoms with Crippen molar-refractivity contribution < 1.29 is 4.39 Å². The number of nitrogens with zero attached hydrogens (tertiary/aromatic N) is 2. The highest BCUT2D eigenvalue weighted by atomic mass is 35.5. The van der Waals surface area contributed by atoms with Gasteiger partial charge in [-0.25, -0.2) is 4.39 Å². The van der Waals surface area contributed by atoms with Crippen LogP contribution in [0.2, 0.25) is 5.02 Å². The lowest BCUT2D eigenvalue weighted by molar-refractivity contribution is 0.273. The number of nitrogen functional groups attached to an aromatic ring is 1. The van der Waals surface area contributed by atoms with Gasteiger partial charge in [-0.1, -0.05) is 11.6 Å². The third-order valence-corrected chi connectivity index (χ3v) is 4.50. The van der Waals surface area contributed by atoms with Crippen LogP contribution < -0.4 is 10.6 Å². The Morgan fingerprint density at radius 3 is 2.84 bits per heavy atom. The van der Waals surface area contributed by atoms with Crippen LogP contribution in [0, 0.1) is 5.82 Å². The normalized spacial score (nSPS) is 24.3. The van der Waals surface area contributed by atoms with Crippen molar-refractivity contribution in [2.75, 3.05) is 36.8 Å². The smallest absolute Gasteiger partial charge is 0.143 e. The molecular formula is C14H19ClFN3. The zero-order chi connectivity index (χ0) is 13.4. The van der Waals surface area contributed by atoms with Gasteiger partial charge in [-0.2, -0.15) is 0 Å². The van der Waals surface area contributed by atoms with Gasteiger partial charge in [-0.15, -0.1) is 0 Å². The van der Waals surface area contributed by atoms with E-state index < -0.39 is 5.82 Å². The fourth-order valence-electron chi connectivity index (χ4n) is 3.25. The molecule has 5 heteroatoms. The van der Waals surface area contributed by atoms with Crippen LogP contribution in [0.25, 0.3) is 0 Å². The number of hydrogen-bond acceptors (Lipinski definition) is 3. The molecule has 3 rings (SSSR count). The minimum Gasteiger partial charge on any atom is -0.397 e. The first-order valence-corrected chi connectivity index (χ1v) is 7.26. The zero-order valence-electron chi connectivity index (χ0n) is 10.9. The van der Waals surface area contributed by atoms with Gasteiger partial charge in [0.1, 0.15) is 5.82 Å². The number of rotatable bonds is 1. The first-order valence-electron chi connectivity index (χ1n) is 6.88. The highest BCUT2D eigenvalue weighted by Gasteiger charge is 2.29. The molecule has 0 bridgehead atoms. The van der Waals surface area contributed by atoms with Crippen LogP contribution in [0.3, 0.4) is 0 Å². The van der Waals surface area contributed by atoms with Gasteiger partial charge >= 0.3 is 0 Å². The summed E-state index contributed by atoms with van der Waals surface area (Å²) < 4.78 is 13.4. The largest absolute Gasteiger partial charge is 0.397 e. The number of anilines is 2. The minimum atomic E-state index is -0.444. The SMILES string of the molecule is Nc1cc(F)c(Cl)cc1N1CCCN2CCCC2C1. The Kier molecular flexibility index (Phi) is 3.54. The van der Waals surface area contributed by atoms with E-state index in [1.54, 1.807) is 6.07 Å². The summed E-state index contributed by atoms with van der Waals surface area (Å²) >= 11 is 5.89. The van der Waals surface area contributed by atoms with Crippen molar-refractivity contribution in [1.29, 1.82) is 0 Å². The molecule has 2 saturated heterocycles. The van der Waals surface area contributed by atoms with Crippen LogP contribution >= 0.6 is 11.6 Å². The van der Waals surface area contributed by atoms with Gasteiger partial charge in [0.25, 0.3) is 0 Å². The van der Waals surface area contributed by atoms with E-state index in [-0.39, 0.29) is 5.02 Å². The van der Waals surface area contributed by atoms with E-state index in [1.807, 2.05) is 0 Å². The fourth-order valence-corrected chi connectivity index (χ4v) is 3.41. The average molecular weight is 284 g/mol. The lowest BCUT2D eigenvalue weighted by Gasteiger charge is -2.28. The van der Waals surface area contributed by atoms with Crippen LogP contribution in [0.5, 0.6) is 0 Å². The van der Waals surface area contributed by atoms with Crippen molar-refractivity contribution in [3.63, 3.8) is 0 Å². The molecule has 0 spiro atoms. The fraction of sp³-hybridized carbons (Fsp3) is 0.571. The molecule has 0 amide bonds. The predicted molar refractivity (Wildman–Crippen MR) is 77.2 cm³/mol. The first-order chi connectivity index (χ1) is 9.15. The molecule has 2 aliphatic rings. The Morgan fingerprint density at radius 2 is 2.00 bits per heavy atom. The van der Waals surface area contributed by atoms with Crippen LogP contribution in [-0.2, 0) is 0 Å². The molecular weight excluding hydrogens is 265 g/mol. The summed E-state index contributed by atoms with van der Waals surface area (Å²) in [5.74, 6) is -0.444. The summed E-state index contributed by atoms with van der Waals surface area (Å²) in [6.07, 6.45) is 3.63. The highest BCUT2D eigenvalue weighted by molar-refractivity contribution is 6.31. The second-order valence-electron chi connectivity index (χ2n) is 5.46. The van der Waals surface area contributed by atoms with E-state index in [9.17, 15) is 4.39 Å². The Balaban J connectivity index is 1.86. The van der Waals surface area contributed by atoms with Gasteiger partial charge in [0.15, 0.2) is 0 Å². The predicted octanol–water partition coefficient (Wildman–Crippen LogP) is 2.74. The molecule has 0 saturated carbocycles. The molecule has 2 heterocycles. The third kappa shape index (κ3) is 2.51. The summed E-state index contributed by atoms with van der Waals surface area (Å²) in [6, 6.07) is 3.59. The molecule has 0 aliphatic carbocycles. The molecule has 1 aromatic carbocycles. The van der Waals surface area contributed by atoms with Crippen molar-refractivity contribution >= 4 is 23.0 Å². The number of nitrogens with two attached hydrogens (primary N) is 1. The summed E-state index contributed by atoms with van der Waals surface area (Å²) in [4.78, 5) is 4.82. The van der Waals surface area contributed by atoms with Gasteiger partial charge in [-0.05, 0) is 31.9 Å². The Morgan fingerprint density at radius 1 is 1.21 bits per heavy atom. The second-order valence-corrected chi connectivity index (χ2v) is 5.86. The molecule has 0 radical (unpaired) electrons. The molecule has 1 atom stereocenters. The maximum absolute atomic E-state index is 13.4. The average Bonchev–Trinajstić information content (AvgIpc) is 2.71. The van der Waals surface area contributed by atoms with Crippen LogP contribution in [0.1, 0.15) is 19.3 Å². The number of fused-ring (bicyclic) bond motifs is 1. The molecule has 104 valence electrons. The van der Waals surface area contributed by atoms with Crippen LogP contribution in [-0.4, -0.2) is 37.1 Å². The first kappa shape index (κ1) is 13.0. The van der Waals surface area contributed by atoms with Gasteiger partial charge < -0.3 is 10.6 Å². The molecule has 2 fully saturated rings. The monoisotopic (exact) mass is 283 g/mol. The van der Waals surface area contributed by atoms with Gasteiger partial charge in [-0.3, -0.25) is 4.90 Å². The number of benzene rings is 1. The molecule has 1 unspecified atom stereocenters. The van der Waals surface area contributed by atoms with E-state index >= 15 is 0 Å². The lowest BCUT2D eigenvalue weighted by Crippen LogP contribution is -2.36. The number of hydrogen-bond donors (Lipinski definition) is 1. The third-order valence-electron chi connectivity index (χ3n) is 4.21. The lowest BCUT2D eigenvalue weighted by atomic mass is 10.2. The van der Waals surface area contributed by atoms with Crippen LogP contribution in [0.15, 0.2) is 12.1 Å². The van der Waals surface area contributed by atoms with E-state index in [0.29, 0.717) is 11.7 Å². The van der Waals surface area contributed by atoms with E-state index in [4.69, 9.17) is 17.3 Å². The molecule has 1 aromatic rings. The Bertz CT molecular complexity index is 480. The molecule has 0 aromatic heterocycles. The summed E-state index contributed by atoms with van der Waals surface area (Å²) in [5.41, 5.74) is 7.31. The molecule has 19 heavy (non-hydrogen) atoms. The van der Waals surface area contributed by atoms with E-state index in [2.05, 4.69) is 9.80 Å². The second kappa shape index (κ2) is 5.17. The minimum absolute atomic E-state index is 0.150. The topological polar surface area (TPSA) is 32.5 Å². The van der Waals surface area contributed by atoms with Crippen molar-refractivity contribution in [2.24, 2.45) is 0 Å². The van der Waals surface area contributed by atoms with Gasteiger partial charge in [0.2, 0.25) is 0 Å². The Hall–Kier alpha value is -1.00. The van der Waals surface area contributed by atoms with Crippen molar-refractivity contribution in [1.82, 2.24) is 4.90 Å². The van der Waals surface area contributed by atoms with Crippen molar-refractivity contribution in [2.45, 2.75) is 25.3 Å². The van der Waals surface area contributed by atoms with Gasteiger partial charge in [0.05, 0.1) is 16.4 Å². The highest BCUT2D eigenvalue weighted by Crippen LogP contribution is 2.32. The van der Waals surface area contributed by atoms with Crippen molar-refractivity contribution in [3.8, 4) is 0 Å². The maximum atomic E-state index is 13.4. The maximum Gasteiger partial charge on any atom is 0.143 e. The van der Waals surface area contributed by atoms with Gasteiger partial charge in [0, 0.05) is 31.7 Å².